The quantitative estimate of drug-likeness (QED) is 0.803. The van der Waals surface area contributed by atoms with Gasteiger partial charge in [-0.2, -0.15) is 0 Å². The monoisotopic (exact) mass is 231 g/mol. The van der Waals surface area contributed by atoms with Crippen molar-refractivity contribution in [2.45, 2.75) is 38.6 Å². The van der Waals surface area contributed by atoms with Gasteiger partial charge in [0.05, 0.1) is 5.69 Å². The Labute approximate surface area is 103 Å². The van der Waals surface area contributed by atoms with Crippen LogP contribution < -0.4 is 10.2 Å². The van der Waals surface area contributed by atoms with Crippen molar-refractivity contribution in [3.05, 3.63) is 23.4 Å². The number of hydrogen-bond acceptors (Lipinski definition) is 3. The van der Waals surface area contributed by atoms with Gasteiger partial charge in [-0.1, -0.05) is 13.0 Å². The summed E-state index contributed by atoms with van der Waals surface area (Å²) in [7, 11) is 0. The Balaban J connectivity index is 1.88. The summed E-state index contributed by atoms with van der Waals surface area (Å²) >= 11 is 0. The molecule has 3 nitrogen and oxygen atoms in total. The number of nitrogens with one attached hydrogen (secondary N) is 1. The molecular formula is C14H21N3. The fraction of sp³-hybridized carbons (Fsp3) is 0.643. The zero-order valence-electron chi connectivity index (χ0n) is 10.6. The second-order valence-corrected chi connectivity index (χ2v) is 5.29. The van der Waals surface area contributed by atoms with Crippen molar-refractivity contribution in [1.82, 2.24) is 10.3 Å². The maximum absolute atomic E-state index is 4.90. The van der Waals surface area contributed by atoms with E-state index in [9.17, 15) is 0 Å². The highest BCUT2D eigenvalue weighted by atomic mass is 15.2. The summed E-state index contributed by atoms with van der Waals surface area (Å²) in [4.78, 5) is 7.35. The first-order chi connectivity index (χ1) is 8.34. The van der Waals surface area contributed by atoms with Crippen LogP contribution in [-0.4, -0.2) is 24.6 Å². The lowest BCUT2D eigenvalue weighted by molar-refractivity contribution is 0.547. The van der Waals surface area contributed by atoms with E-state index in [-0.39, 0.29) is 0 Å². The molecule has 0 aromatic carbocycles. The number of rotatable bonds is 1. The Hall–Kier alpha value is -1.09. The Morgan fingerprint density at radius 3 is 2.88 bits per heavy atom. The second kappa shape index (κ2) is 4.65. The van der Waals surface area contributed by atoms with E-state index >= 15 is 0 Å². The van der Waals surface area contributed by atoms with E-state index in [1.807, 2.05) is 0 Å². The first kappa shape index (κ1) is 11.0. The van der Waals surface area contributed by atoms with E-state index in [1.54, 1.807) is 0 Å². The fourth-order valence-electron chi connectivity index (χ4n) is 2.89. The lowest BCUT2D eigenvalue weighted by atomic mass is 9.98. The van der Waals surface area contributed by atoms with Crippen LogP contribution >= 0.6 is 0 Å². The summed E-state index contributed by atoms with van der Waals surface area (Å²) in [6.45, 7) is 6.66. The van der Waals surface area contributed by atoms with Crippen molar-refractivity contribution in [2.75, 3.05) is 24.5 Å². The topological polar surface area (TPSA) is 28.2 Å². The van der Waals surface area contributed by atoms with Crippen LogP contribution in [0.2, 0.25) is 0 Å². The molecule has 3 rings (SSSR count). The van der Waals surface area contributed by atoms with Gasteiger partial charge in [-0.05, 0) is 30.9 Å². The first-order valence-corrected chi connectivity index (χ1v) is 6.80. The average Bonchev–Trinajstić information content (AvgIpc) is 2.40. The minimum atomic E-state index is 0.545. The van der Waals surface area contributed by atoms with Crippen molar-refractivity contribution >= 4 is 5.82 Å². The van der Waals surface area contributed by atoms with E-state index in [2.05, 4.69) is 29.3 Å². The van der Waals surface area contributed by atoms with Crippen molar-refractivity contribution < 1.29 is 0 Å². The maximum Gasteiger partial charge on any atom is 0.128 e. The lowest BCUT2D eigenvalue weighted by Crippen LogP contribution is -2.32. The smallest absolute Gasteiger partial charge is 0.128 e. The molecule has 2 aliphatic rings. The third-order valence-electron chi connectivity index (χ3n) is 3.91. The Kier molecular flexibility index (Phi) is 3.02. The molecule has 0 aliphatic carbocycles. The van der Waals surface area contributed by atoms with Gasteiger partial charge in [0.1, 0.15) is 5.82 Å². The molecule has 3 heterocycles. The van der Waals surface area contributed by atoms with Gasteiger partial charge in [0, 0.05) is 32.1 Å². The molecule has 1 atom stereocenters. The van der Waals surface area contributed by atoms with Crippen LogP contribution in [0.15, 0.2) is 12.1 Å². The minimum absolute atomic E-state index is 0.545. The van der Waals surface area contributed by atoms with Gasteiger partial charge in [0.15, 0.2) is 0 Å². The minimum Gasteiger partial charge on any atom is -0.357 e. The SMILES string of the molecule is CC1CNCc2ccc(N3CCCCC3)nc21. The molecule has 1 fully saturated rings. The van der Waals surface area contributed by atoms with Crippen molar-refractivity contribution in [3.63, 3.8) is 0 Å². The molecule has 1 N–H and O–H groups in total. The fourth-order valence-corrected chi connectivity index (χ4v) is 2.89. The van der Waals surface area contributed by atoms with E-state index in [0.29, 0.717) is 5.92 Å². The molecule has 92 valence electrons. The molecule has 1 saturated heterocycles. The second-order valence-electron chi connectivity index (χ2n) is 5.29. The third-order valence-corrected chi connectivity index (χ3v) is 3.91. The lowest BCUT2D eigenvalue weighted by Gasteiger charge is -2.30. The molecule has 1 aromatic rings. The number of nitrogens with zero attached hydrogens (tertiary/aromatic N) is 2. The van der Waals surface area contributed by atoms with Gasteiger partial charge in [0.2, 0.25) is 0 Å². The molecule has 0 bridgehead atoms. The van der Waals surface area contributed by atoms with Crippen LogP contribution in [0.5, 0.6) is 0 Å². The Bertz CT molecular complexity index is 396. The number of fused-ring (bicyclic) bond motifs is 1. The van der Waals surface area contributed by atoms with E-state index < -0.39 is 0 Å². The molecule has 3 heteroatoms. The van der Waals surface area contributed by atoms with Gasteiger partial charge in [-0.25, -0.2) is 4.98 Å². The number of pyridine rings is 1. The summed E-state index contributed by atoms with van der Waals surface area (Å²) in [5.41, 5.74) is 2.69. The molecule has 1 unspecified atom stereocenters. The van der Waals surface area contributed by atoms with E-state index in [4.69, 9.17) is 4.98 Å². The highest BCUT2D eigenvalue weighted by Crippen LogP contribution is 2.25. The molecule has 0 saturated carbocycles. The molecule has 17 heavy (non-hydrogen) atoms. The summed E-state index contributed by atoms with van der Waals surface area (Å²) in [6.07, 6.45) is 4.01. The van der Waals surface area contributed by atoms with Gasteiger partial charge in [-0.15, -0.1) is 0 Å². The number of aromatic nitrogens is 1. The molecule has 1 aromatic heterocycles. The van der Waals surface area contributed by atoms with Crippen LogP contribution in [0.1, 0.15) is 43.4 Å². The number of anilines is 1. The van der Waals surface area contributed by atoms with Gasteiger partial charge < -0.3 is 10.2 Å². The van der Waals surface area contributed by atoms with Crippen molar-refractivity contribution in [3.8, 4) is 0 Å². The maximum atomic E-state index is 4.90. The molecule has 0 amide bonds. The van der Waals surface area contributed by atoms with Gasteiger partial charge in [0.25, 0.3) is 0 Å². The molecule has 0 spiro atoms. The average molecular weight is 231 g/mol. The predicted molar refractivity (Wildman–Crippen MR) is 70.4 cm³/mol. The van der Waals surface area contributed by atoms with E-state index in [1.165, 1.54) is 49.4 Å². The third kappa shape index (κ3) is 2.16. The number of hydrogen-bond donors (Lipinski definition) is 1. The largest absolute Gasteiger partial charge is 0.357 e. The predicted octanol–water partition coefficient (Wildman–Crippen LogP) is 2.28. The van der Waals surface area contributed by atoms with Gasteiger partial charge in [-0.3, -0.25) is 0 Å². The van der Waals surface area contributed by atoms with Crippen molar-refractivity contribution in [2.24, 2.45) is 0 Å². The molecule has 2 aliphatic heterocycles. The van der Waals surface area contributed by atoms with E-state index in [0.717, 1.165) is 13.1 Å². The standard InChI is InChI=1S/C14H21N3/c1-11-9-15-10-12-5-6-13(16-14(11)12)17-7-3-2-4-8-17/h5-6,11,15H,2-4,7-10H2,1H3. The Morgan fingerprint density at radius 2 is 2.06 bits per heavy atom. The highest BCUT2D eigenvalue weighted by molar-refractivity contribution is 5.43. The van der Waals surface area contributed by atoms with Crippen molar-refractivity contribution in [1.29, 1.82) is 0 Å². The normalized spacial score (nSPS) is 24.5. The summed E-state index contributed by atoms with van der Waals surface area (Å²) < 4.78 is 0. The van der Waals surface area contributed by atoms with Crippen LogP contribution in [0.25, 0.3) is 0 Å². The first-order valence-electron chi connectivity index (χ1n) is 6.80. The van der Waals surface area contributed by atoms with Gasteiger partial charge >= 0.3 is 0 Å². The molecular weight excluding hydrogens is 210 g/mol. The highest BCUT2D eigenvalue weighted by Gasteiger charge is 2.20. The van der Waals surface area contributed by atoms with Crippen LogP contribution in [0.4, 0.5) is 5.82 Å². The van der Waals surface area contributed by atoms with Crippen LogP contribution in [0, 0.1) is 0 Å². The zero-order chi connectivity index (χ0) is 11.7. The van der Waals surface area contributed by atoms with Crippen LogP contribution in [-0.2, 0) is 6.54 Å². The Morgan fingerprint density at radius 1 is 1.24 bits per heavy atom. The zero-order valence-corrected chi connectivity index (χ0v) is 10.6. The molecule has 0 radical (unpaired) electrons. The summed E-state index contributed by atoms with van der Waals surface area (Å²) in [6, 6.07) is 4.46. The summed E-state index contributed by atoms with van der Waals surface area (Å²) in [5, 5.41) is 3.44. The summed E-state index contributed by atoms with van der Waals surface area (Å²) in [5.74, 6) is 1.74. The van der Waals surface area contributed by atoms with Crippen LogP contribution in [0.3, 0.4) is 0 Å². The number of piperidine rings is 1.